The molecule has 0 aliphatic carbocycles. The molecule has 6 rings (SSSR count). The summed E-state index contributed by atoms with van der Waals surface area (Å²) in [6.45, 7) is 24.1. The van der Waals surface area contributed by atoms with Crippen molar-refractivity contribution in [3.63, 3.8) is 0 Å². The van der Waals surface area contributed by atoms with Crippen LogP contribution in [0.1, 0.15) is 126 Å². The van der Waals surface area contributed by atoms with Crippen molar-refractivity contribution < 1.29 is 28.6 Å². The summed E-state index contributed by atoms with van der Waals surface area (Å²) in [7, 11) is 1.86. The van der Waals surface area contributed by atoms with Crippen molar-refractivity contribution in [1.29, 1.82) is 0 Å². The quantitative estimate of drug-likeness (QED) is 0.127. The van der Waals surface area contributed by atoms with Crippen LogP contribution >= 0.6 is 11.8 Å². The number of aromatic nitrogens is 4. The Morgan fingerprint density at radius 3 is 2.13 bits per heavy atom. The van der Waals surface area contributed by atoms with Crippen LogP contribution < -0.4 is 0 Å². The largest absolute Gasteiger partial charge is 0.458 e. The molecule has 1 amide bonds. The van der Waals surface area contributed by atoms with Crippen molar-refractivity contribution in [3.05, 3.63) is 75.9 Å². The summed E-state index contributed by atoms with van der Waals surface area (Å²) in [4.78, 5) is 57.1. The van der Waals surface area contributed by atoms with Gasteiger partial charge in [-0.05, 0) is 129 Å². The van der Waals surface area contributed by atoms with Crippen LogP contribution in [0.3, 0.4) is 0 Å². The maximum Gasteiger partial charge on any atom is 0.303 e. The Kier molecular flexibility index (Phi) is 14.0. The number of hydrogen-bond donors (Lipinski definition) is 2. The summed E-state index contributed by atoms with van der Waals surface area (Å²) < 4.78 is 17.6. The molecule has 2 N–H and O–H groups in total. The zero-order valence-corrected chi connectivity index (χ0v) is 37.9. The Morgan fingerprint density at radius 2 is 1.47 bits per heavy atom. The molecule has 11 nitrogen and oxygen atoms in total. The van der Waals surface area contributed by atoms with Crippen LogP contribution in [-0.4, -0.2) is 85.8 Å². The first-order valence-electron chi connectivity index (χ1n) is 21.2. The third-order valence-electron chi connectivity index (χ3n) is 12.2. The number of amides is 1. The summed E-state index contributed by atoms with van der Waals surface area (Å²) in [5.74, 6) is -0.258. The van der Waals surface area contributed by atoms with Crippen LogP contribution in [0.2, 0.25) is 0 Å². The summed E-state index contributed by atoms with van der Waals surface area (Å²) in [6.07, 6.45) is 3.36. The molecule has 12 heteroatoms. The van der Waals surface area contributed by atoms with Gasteiger partial charge in [0.15, 0.2) is 6.10 Å². The standard InChI is InChI=1S/C48H61N5O6S/c1-13-33-27(6)39-24-42-34(14-2)26(5)38(50-42)23-40-28(7)35(45(52-40)29(8)37-21-25(4)36(49-37)22-41(33)51-39)17-18-44(56)53(12)19-16-20-60-48-30(9)46(57-31(10)54)47(58-32(11)55)43(15-3)59-48/h14,21-24,30,43,46-50H,2,13,15-20H2,1,3-12H3/t30-,43-,46-,47-,48+/m1/s1. The maximum atomic E-state index is 13.7. The zero-order valence-electron chi connectivity index (χ0n) is 37.1. The maximum absolute atomic E-state index is 13.7. The normalized spacial score (nSPS) is 20.4. The molecule has 3 aliphatic heterocycles. The van der Waals surface area contributed by atoms with Gasteiger partial charge in [0.2, 0.25) is 5.91 Å². The minimum absolute atomic E-state index is 0.0626. The van der Waals surface area contributed by atoms with Gasteiger partial charge >= 0.3 is 11.9 Å². The van der Waals surface area contributed by atoms with E-state index in [1.54, 1.807) is 16.7 Å². The SMILES string of the molecule is C=Cc1c(C)c2cc3nc(c(C)c4cc(C)c(cc5nc(cc1[nH]2)C(C)=C5CC)[nH]4)C(CCC(=O)N(C)CCCS[C@@H]1O[C@H](CC)[C@@H](OC(C)=O)[C@H](OC(C)=O)[C@H]1C)=C3C. The number of fused-ring (bicyclic) bond motifs is 8. The fourth-order valence-corrected chi connectivity index (χ4v) is 9.85. The van der Waals surface area contributed by atoms with E-state index in [-0.39, 0.29) is 17.3 Å². The molecular formula is C48H61N5O6S. The van der Waals surface area contributed by atoms with Gasteiger partial charge in [0.05, 0.1) is 28.9 Å². The van der Waals surface area contributed by atoms with E-state index >= 15 is 0 Å². The van der Waals surface area contributed by atoms with Crippen LogP contribution in [0.15, 0.2) is 30.8 Å². The minimum Gasteiger partial charge on any atom is -0.458 e. The topological polar surface area (TPSA) is 140 Å². The lowest BCUT2D eigenvalue weighted by Gasteiger charge is -2.44. The van der Waals surface area contributed by atoms with E-state index in [0.717, 1.165) is 96.8 Å². The predicted molar refractivity (Wildman–Crippen MR) is 244 cm³/mol. The Morgan fingerprint density at radius 1 is 0.850 bits per heavy atom. The Labute approximate surface area is 358 Å². The van der Waals surface area contributed by atoms with Gasteiger partial charge in [0.1, 0.15) is 11.5 Å². The highest BCUT2D eigenvalue weighted by Crippen LogP contribution is 2.39. The van der Waals surface area contributed by atoms with E-state index in [2.05, 4.69) is 82.4 Å². The molecule has 0 unspecified atom stereocenters. The molecule has 0 spiro atoms. The molecule has 0 saturated carbocycles. The lowest BCUT2D eigenvalue weighted by Crippen LogP contribution is -2.55. The third-order valence-corrected chi connectivity index (χ3v) is 13.6. The second kappa shape index (κ2) is 18.8. The smallest absolute Gasteiger partial charge is 0.303 e. The molecule has 6 heterocycles. The Balaban J connectivity index is 1.23. The minimum atomic E-state index is -0.661. The molecule has 3 aliphatic rings. The van der Waals surface area contributed by atoms with Crippen LogP contribution in [0.25, 0.3) is 50.4 Å². The van der Waals surface area contributed by atoms with Crippen molar-refractivity contribution in [1.82, 2.24) is 24.8 Å². The number of esters is 2. The number of allylic oxidation sites excluding steroid dienone is 4. The number of hydrogen-bond acceptors (Lipinski definition) is 9. The van der Waals surface area contributed by atoms with Crippen molar-refractivity contribution in [2.75, 3.05) is 19.3 Å². The van der Waals surface area contributed by atoms with E-state index < -0.39 is 30.3 Å². The van der Waals surface area contributed by atoms with Gasteiger partial charge in [-0.1, -0.05) is 33.4 Å². The zero-order chi connectivity index (χ0) is 43.6. The highest BCUT2D eigenvalue weighted by Gasteiger charge is 2.47. The van der Waals surface area contributed by atoms with E-state index in [9.17, 15) is 14.4 Å². The number of nitrogens with zero attached hydrogens (tertiary/aromatic N) is 3. The lowest BCUT2D eigenvalue weighted by atomic mass is 9.92. The number of nitrogens with one attached hydrogen (secondary N) is 2. The van der Waals surface area contributed by atoms with Gasteiger partial charge in [-0.3, -0.25) is 14.4 Å². The van der Waals surface area contributed by atoms with Crippen LogP contribution in [-0.2, 0) is 28.6 Å². The molecule has 5 atom stereocenters. The van der Waals surface area contributed by atoms with E-state index in [1.807, 2.05) is 27.0 Å². The van der Waals surface area contributed by atoms with E-state index in [1.165, 1.54) is 25.0 Å². The summed E-state index contributed by atoms with van der Waals surface area (Å²) in [5.41, 5.74) is 16.1. The Bertz CT molecular complexity index is 2420. The van der Waals surface area contributed by atoms with Crippen molar-refractivity contribution in [2.24, 2.45) is 5.92 Å². The first-order chi connectivity index (χ1) is 28.6. The first-order valence-corrected chi connectivity index (χ1v) is 22.2. The van der Waals surface area contributed by atoms with Crippen molar-refractivity contribution >= 4 is 80.0 Å². The monoisotopic (exact) mass is 835 g/mol. The molecule has 1 fully saturated rings. The van der Waals surface area contributed by atoms with Gasteiger partial charge in [-0.25, -0.2) is 9.97 Å². The van der Waals surface area contributed by atoms with Crippen LogP contribution in [0, 0.1) is 26.7 Å². The number of aryl methyl sites for hydroxylation is 3. The van der Waals surface area contributed by atoms with Gasteiger partial charge in [0, 0.05) is 67.4 Å². The molecule has 8 bridgehead atoms. The molecular weight excluding hydrogens is 775 g/mol. The summed E-state index contributed by atoms with van der Waals surface area (Å²) in [5, 5.41) is 0. The van der Waals surface area contributed by atoms with E-state index in [4.69, 9.17) is 24.2 Å². The predicted octanol–water partition coefficient (Wildman–Crippen LogP) is 10.2. The second-order valence-electron chi connectivity index (χ2n) is 16.3. The number of thioether (sulfide) groups is 1. The highest BCUT2D eigenvalue weighted by atomic mass is 32.2. The fourth-order valence-electron chi connectivity index (χ4n) is 8.64. The molecule has 3 aromatic heterocycles. The highest BCUT2D eigenvalue weighted by molar-refractivity contribution is 7.99. The molecule has 3 aromatic rings. The van der Waals surface area contributed by atoms with Gasteiger partial charge in [-0.2, -0.15) is 0 Å². The number of ether oxygens (including phenoxy) is 3. The number of carbonyl (C=O) groups excluding carboxylic acids is 3. The number of rotatable bonds is 13. The number of aromatic amines is 2. The van der Waals surface area contributed by atoms with Gasteiger partial charge in [-0.15, -0.1) is 11.8 Å². The average molecular weight is 836 g/mol. The van der Waals surface area contributed by atoms with Crippen LogP contribution in [0.5, 0.6) is 0 Å². The number of H-pyrrole nitrogens is 2. The molecule has 1 saturated heterocycles. The molecule has 0 radical (unpaired) electrons. The third kappa shape index (κ3) is 9.19. The molecule has 60 heavy (non-hydrogen) atoms. The fraction of sp³-hybridized carbons (Fsp3) is 0.479. The van der Waals surface area contributed by atoms with Crippen molar-refractivity contribution in [2.45, 2.75) is 125 Å². The Hall–Kier alpha value is -4.94. The molecule has 320 valence electrons. The van der Waals surface area contributed by atoms with Gasteiger partial charge < -0.3 is 29.1 Å². The van der Waals surface area contributed by atoms with Gasteiger partial charge in [0.25, 0.3) is 0 Å². The van der Waals surface area contributed by atoms with E-state index in [0.29, 0.717) is 25.8 Å². The van der Waals surface area contributed by atoms with Crippen LogP contribution in [0.4, 0.5) is 0 Å². The average Bonchev–Trinajstić information content (AvgIpc) is 3.91. The summed E-state index contributed by atoms with van der Waals surface area (Å²) >= 11 is 1.64. The molecule has 0 aromatic carbocycles. The second-order valence-corrected chi connectivity index (χ2v) is 17.5. The summed E-state index contributed by atoms with van der Waals surface area (Å²) in [6, 6.07) is 8.57. The van der Waals surface area contributed by atoms with Crippen molar-refractivity contribution in [3.8, 4) is 0 Å². The lowest BCUT2D eigenvalue weighted by molar-refractivity contribution is -0.210. The first kappa shape index (κ1) is 44.6. The number of carbonyl (C=O) groups is 3.